The summed E-state index contributed by atoms with van der Waals surface area (Å²) in [6.45, 7) is 2.56. The van der Waals surface area contributed by atoms with E-state index in [1.54, 1.807) is 25.2 Å². The third-order valence-electron chi connectivity index (χ3n) is 2.64. The number of nitrogens with two attached hydrogens (primary N) is 1. The van der Waals surface area contributed by atoms with Crippen molar-refractivity contribution in [1.82, 2.24) is 10.2 Å². The molecule has 0 fully saturated rings. The zero-order valence-corrected chi connectivity index (χ0v) is 12.7. The average molecular weight is 328 g/mol. The van der Waals surface area contributed by atoms with Gasteiger partial charge in [0, 0.05) is 29.3 Å². The van der Waals surface area contributed by atoms with E-state index in [0.29, 0.717) is 22.3 Å². The molecule has 0 radical (unpaired) electrons. The first-order valence-corrected chi connectivity index (χ1v) is 6.83. The molecule has 0 aromatic heterocycles. The van der Waals surface area contributed by atoms with Gasteiger partial charge in [-0.1, -0.05) is 6.92 Å². The van der Waals surface area contributed by atoms with Crippen molar-refractivity contribution in [1.29, 1.82) is 0 Å². The molecule has 5 nitrogen and oxygen atoms in total. The molecule has 3 N–H and O–H groups in total. The molecular formula is C13H18BrN3O2. The lowest BCUT2D eigenvalue weighted by Crippen LogP contribution is -2.40. The third kappa shape index (κ3) is 4.24. The maximum atomic E-state index is 12.3. The Morgan fingerprint density at radius 1 is 1.42 bits per heavy atom. The number of nitrogens with one attached hydrogen (secondary N) is 1. The largest absolute Gasteiger partial charge is 0.398 e. The van der Waals surface area contributed by atoms with Crippen molar-refractivity contribution in [3.8, 4) is 0 Å². The van der Waals surface area contributed by atoms with Gasteiger partial charge in [-0.3, -0.25) is 9.59 Å². The molecular weight excluding hydrogens is 310 g/mol. The van der Waals surface area contributed by atoms with Crippen molar-refractivity contribution >= 4 is 33.4 Å². The smallest absolute Gasteiger partial charge is 0.254 e. The average Bonchev–Trinajstić information content (AvgIpc) is 2.40. The Bertz CT molecular complexity index is 477. The molecule has 1 aromatic carbocycles. The number of halogens is 1. The lowest BCUT2D eigenvalue weighted by atomic mass is 10.1. The van der Waals surface area contributed by atoms with Gasteiger partial charge in [-0.05, 0) is 40.5 Å². The topological polar surface area (TPSA) is 75.4 Å². The predicted molar refractivity (Wildman–Crippen MR) is 78.8 cm³/mol. The molecule has 0 bridgehead atoms. The Morgan fingerprint density at radius 3 is 2.63 bits per heavy atom. The first-order chi connectivity index (χ1) is 8.99. The number of likely N-dealkylation sites (N-methyl/N-ethyl adjacent to an activating group) is 1. The second-order valence-corrected chi connectivity index (χ2v) is 4.99. The summed E-state index contributed by atoms with van der Waals surface area (Å²) in [6.07, 6.45) is 0.791. The summed E-state index contributed by atoms with van der Waals surface area (Å²) in [5, 5.41) is 2.52. The molecule has 0 aliphatic heterocycles. The molecule has 0 saturated carbocycles. The maximum Gasteiger partial charge on any atom is 0.254 e. The number of nitrogen functional groups attached to an aromatic ring is 1. The monoisotopic (exact) mass is 327 g/mol. The van der Waals surface area contributed by atoms with Crippen molar-refractivity contribution in [2.45, 2.75) is 13.3 Å². The zero-order chi connectivity index (χ0) is 14.4. The SMILES string of the molecule is CCCN(CC(=O)NC)C(=O)c1ccc(N)c(Br)c1. The van der Waals surface area contributed by atoms with Crippen LogP contribution in [0.3, 0.4) is 0 Å². The van der Waals surface area contributed by atoms with Crippen LogP contribution in [0.5, 0.6) is 0 Å². The quantitative estimate of drug-likeness (QED) is 0.807. The zero-order valence-electron chi connectivity index (χ0n) is 11.1. The fraction of sp³-hybridized carbons (Fsp3) is 0.385. The Hall–Kier alpha value is -1.56. The number of hydrogen-bond acceptors (Lipinski definition) is 3. The van der Waals surface area contributed by atoms with E-state index in [9.17, 15) is 9.59 Å². The number of amides is 2. The highest BCUT2D eigenvalue weighted by Gasteiger charge is 2.18. The lowest BCUT2D eigenvalue weighted by molar-refractivity contribution is -0.121. The molecule has 0 heterocycles. The third-order valence-corrected chi connectivity index (χ3v) is 3.33. The molecule has 0 spiro atoms. The van der Waals surface area contributed by atoms with Gasteiger partial charge in [-0.2, -0.15) is 0 Å². The van der Waals surface area contributed by atoms with Gasteiger partial charge in [-0.15, -0.1) is 0 Å². The summed E-state index contributed by atoms with van der Waals surface area (Å²) in [7, 11) is 1.55. The van der Waals surface area contributed by atoms with Gasteiger partial charge in [0.25, 0.3) is 5.91 Å². The summed E-state index contributed by atoms with van der Waals surface area (Å²) in [4.78, 5) is 25.3. The highest BCUT2D eigenvalue weighted by Crippen LogP contribution is 2.21. The van der Waals surface area contributed by atoms with E-state index in [0.717, 1.165) is 6.42 Å². The van der Waals surface area contributed by atoms with Crippen LogP contribution < -0.4 is 11.1 Å². The normalized spacial score (nSPS) is 10.1. The van der Waals surface area contributed by atoms with Gasteiger partial charge < -0.3 is 16.0 Å². The lowest BCUT2D eigenvalue weighted by Gasteiger charge is -2.21. The standard InChI is InChI=1S/C13H18BrN3O2/c1-3-6-17(8-12(18)16-2)13(19)9-4-5-11(15)10(14)7-9/h4-5,7H,3,6,8,15H2,1-2H3,(H,16,18). The van der Waals surface area contributed by atoms with Crippen molar-refractivity contribution in [2.24, 2.45) is 0 Å². The second kappa shape index (κ2) is 7.13. The van der Waals surface area contributed by atoms with E-state index in [1.165, 1.54) is 4.90 Å². The van der Waals surface area contributed by atoms with Crippen LogP contribution >= 0.6 is 15.9 Å². The Balaban J connectivity index is 2.91. The van der Waals surface area contributed by atoms with Crippen LogP contribution in [0.25, 0.3) is 0 Å². The van der Waals surface area contributed by atoms with E-state index in [4.69, 9.17) is 5.73 Å². The van der Waals surface area contributed by atoms with Crippen molar-refractivity contribution < 1.29 is 9.59 Å². The van der Waals surface area contributed by atoms with Crippen LogP contribution in [0.15, 0.2) is 22.7 Å². The van der Waals surface area contributed by atoms with Gasteiger partial charge in [0.1, 0.15) is 0 Å². The van der Waals surface area contributed by atoms with E-state index in [1.807, 2.05) is 6.92 Å². The van der Waals surface area contributed by atoms with Gasteiger partial charge in [0.15, 0.2) is 0 Å². The van der Waals surface area contributed by atoms with Crippen LogP contribution in [0, 0.1) is 0 Å². The van der Waals surface area contributed by atoms with E-state index >= 15 is 0 Å². The number of hydrogen-bond donors (Lipinski definition) is 2. The molecule has 0 unspecified atom stereocenters. The first-order valence-electron chi connectivity index (χ1n) is 6.04. The van der Waals surface area contributed by atoms with Crippen LogP contribution in [0.4, 0.5) is 5.69 Å². The fourth-order valence-electron chi connectivity index (χ4n) is 1.62. The molecule has 2 amide bonds. The highest BCUT2D eigenvalue weighted by molar-refractivity contribution is 9.10. The molecule has 1 aromatic rings. The van der Waals surface area contributed by atoms with Gasteiger partial charge in [0.05, 0.1) is 6.54 Å². The molecule has 0 atom stereocenters. The van der Waals surface area contributed by atoms with E-state index < -0.39 is 0 Å². The molecule has 1 rings (SSSR count). The Morgan fingerprint density at radius 2 is 2.11 bits per heavy atom. The van der Waals surface area contributed by atoms with Crippen molar-refractivity contribution in [3.63, 3.8) is 0 Å². The number of carbonyl (C=O) groups excluding carboxylic acids is 2. The molecule has 6 heteroatoms. The minimum Gasteiger partial charge on any atom is -0.398 e. The van der Waals surface area contributed by atoms with Gasteiger partial charge >= 0.3 is 0 Å². The number of rotatable bonds is 5. The first kappa shape index (κ1) is 15.5. The number of anilines is 1. The highest BCUT2D eigenvalue weighted by atomic mass is 79.9. The van der Waals surface area contributed by atoms with Crippen molar-refractivity contribution in [2.75, 3.05) is 25.9 Å². The van der Waals surface area contributed by atoms with Crippen LogP contribution in [-0.2, 0) is 4.79 Å². The minimum absolute atomic E-state index is 0.0607. The van der Waals surface area contributed by atoms with Gasteiger partial charge in [-0.25, -0.2) is 0 Å². The molecule has 19 heavy (non-hydrogen) atoms. The Labute approximate surface area is 121 Å². The van der Waals surface area contributed by atoms with E-state index in [-0.39, 0.29) is 18.4 Å². The molecule has 0 aliphatic carbocycles. The Kier molecular flexibility index (Phi) is 5.82. The summed E-state index contributed by atoms with van der Waals surface area (Å²) in [6, 6.07) is 5.00. The molecule has 104 valence electrons. The van der Waals surface area contributed by atoms with Crippen LogP contribution in [0.2, 0.25) is 0 Å². The predicted octanol–water partition coefficient (Wildman–Crippen LogP) is 1.63. The number of benzene rings is 1. The summed E-state index contributed by atoms with van der Waals surface area (Å²) < 4.78 is 0.676. The van der Waals surface area contributed by atoms with Crippen LogP contribution in [-0.4, -0.2) is 36.9 Å². The summed E-state index contributed by atoms with van der Waals surface area (Å²) in [5.74, 6) is -0.359. The molecule has 0 aliphatic rings. The number of nitrogens with zero attached hydrogens (tertiary/aromatic N) is 1. The van der Waals surface area contributed by atoms with Gasteiger partial charge in [0.2, 0.25) is 5.91 Å². The fourth-order valence-corrected chi connectivity index (χ4v) is 2.00. The van der Waals surface area contributed by atoms with Crippen LogP contribution in [0.1, 0.15) is 23.7 Å². The summed E-state index contributed by atoms with van der Waals surface area (Å²) in [5.41, 5.74) is 6.78. The maximum absolute atomic E-state index is 12.3. The second-order valence-electron chi connectivity index (χ2n) is 4.14. The number of carbonyl (C=O) groups is 2. The minimum atomic E-state index is -0.184. The van der Waals surface area contributed by atoms with E-state index in [2.05, 4.69) is 21.2 Å². The van der Waals surface area contributed by atoms with Crippen molar-refractivity contribution in [3.05, 3.63) is 28.2 Å². The molecule has 0 saturated heterocycles. The summed E-state index contributed by atoms with van der Waals surface area (Å²) >= 11 is 3.29.